The maximum atomic E-state index is 5.42. The number of fused-ring (bicyclic) bond motifs is 2. The van der Waals surface area contributed by atoms with Crippen LogP contribution in [0.4, 0.5) is 12.0 Å². The minimum Gasteiger partial charge on any atom is -0.390 e. The fourth-order valence-corrected chi connectivity index (χ4v) is 3.41. The Hall–Kier alpha value is -1.26. The van der Waals surface area contributed by atoms with E-state index < -0.39 is 0 Å². The third-order valence-corrected chi connectivity index (χ3v) is 4.15. The summed E-state index contributed by atoms with van der Waals surface area (Å²) in [5.74, 6) is 2.71. The standard InChI is InChI=1S/C11H18N4O/c1-15(11-14-13-10(12)16-11)6-9-5-7-2-3-8(9)4-7/h7-9H,2-6H2,1H3,(H2,12,13). The first-order chi connectivity index (χ1) is 7.72. The van der Waals surface area contributed by atoms with Crippen molar-refractivity contribution in [2.24, 2.45) is 17.8 Å². The van der Waals surface area contributed by atoms with Gasteiger partial charge in [-0.25, -0.2) is 0 Å². The fraction of sp³-hybridized carbons (Fsp3) is 0.818. The molecule has 0 radical (unpaired) electrons. The summed E-state index contributed by atoms with van der Waals surface area (Å²) < 4.78 is 5.22. The average Bonchev–Trinajstić information content (AvgIpc) is 2.92. The molecule has 16 heavy (non-hydrogen) atoms. The third kappa shape index (κ3) is 1.64. The number of hydrogen-bond acceptors (Lipinski definition) is 5. The van der Waals surface area contributed by atoms with E-state index in [1.807, 2.05) is 11.9 Å². The minimum atomic E-state index is 0.148. The van der Waals surface area contributed by atoms with Crippen LogP contribution in [-0.4, -0.2) is 23.8 Å². The van der Waals surface area contributed by atoms with Crippen molar-refractivity contribution in [3.05, 3.63) is 0 Å². The summed E-state index contributed by atoms with van der Waals surface area (Å²) in [6.07, 6.45) is 5.66. The van der Waals surface area contributed by atoms with Crippen molar-refractivity contribution in [2.45, 2.75) is 25.7 Å². The van der Waals surface area contributed by atoms with Gasteiger partial charge in [-0.2, -0.15) is 0 Å². The predicted molar refractivity (Wildman–Crippen MR) is 60.9 cm³/mol. The van der Waals surface area contributed by atoms with Crippen molar-refractivity contribution in [2.75, 3.05) is 24.2 Å². The molecule has 2 N–H and O–H groups in total. The van der Waals surface area contributed by atoms with Gasteiger partial charge in [0.15, 0.2) is 0 Å². The van der Waals surface area contributed by atoms with Crippen LogP contribution in [0.25, 0.3) is 0 Å². The maximum absolute atomic E-state index is 5.42. The van der Waals surface area contributed by atoms with Crippen molar-refractivity contribution in [1.29, 1.82) is 0 Å². The number of rotatable bonds is 3. The normalized spacial score (nSPS) is 32.2. The number of nitrogen functional groups attached to an aromatic ring is 1. The smallest absolute Gasteiger partial charge is 0.319 e. The Morgan fingerprint density at radius 2 is 2.25 bits per heavy atom. The lowest BCUT2D eigenvalue weighted by Gasteiger charge is -2.25. The molecule has 1 aromatic rings. The van der Waals surface area contributed by atoms with E-state index in [0.717, 1.165) is 24.3 Å². The largest absolute Gasteiger partial charge is 0.390 e. The number of nitrogens with two attached hydrogens (primary N) is 1. The van der Waals surface area contributed by atoms with Crippen LogP contribution >= 0.6 is 0 Å². The van der Waals surface area contributed by atoms with Crippen molar-refractivity contribution in [1.82, 2.24) is 10.2 Å². The van der Waals surface area contributed by atoms with Gasteiger partial charge in [0.1, 0.15) is 0 Å². The molecule has 0 aromatic carbocycles. The molecule has 5 nitrogen and oxygen atoms in total. The molecule has 0 aliphatic heterocycles. The minimum absolute atomic E-state index is 0.148. The lowest BCUT2D eigenvalue weighted by molar-refractivity contribution is 0.333. The zero-order valence-corrected chi connectivity index (χ0v) is 9.59. The van der Waals surface area contributed by atoms with E-state index in [1.165, 1.54) is 25.7 Å². The highest BCUT2D eigenvalue weighted by molar-refractivity contribution is 5.26. The van der Waals surface area contributed by atoms with Gasteiger partial charge in [0.25, 0.3) is 0 Å². The van der Waals surface area contributed by atoms with Crippen LogP contribution in [0.1, 0.15) is 25.7 Å². The molecular weight excluding hydrogens is 204 g/mol. The molecule has 0 amide bonds. The molecule has 2 bridgehead atoms. The second kappa shape index (κ2) is 3.64. The van der Waals surface area contributed by atoms with E-state index in [9.17, 15) is 0 Å². The summed E-state index contributed by atoms with van der Waals surface area (Å²) in [7, 11) is 2.00. The van der Waals surface area contributed by atoms with Gasteiger partial charge in [-0.1, -0.05) is 16.6 Å². The fourth-order valence-electron chi connectivity index (χ4n) is 3.41. The monoisotopic (exact) mass is 222 g/mol. The first kappa shape index (κ1) is 9.93. The van der Waals surface area contributed by atoms with E-state index >= 15 is 0 Å². The van der Waals surface area contributed by atoms with E-state index in [4.69, 9.17) is 10.2 Å². The summed E-state index contributed by atoms with van der Waals surface area (Å²) >= 11 is 0. The molecular formula is C11H18N4O. The number of aromatic nitrogens is 2. The molecule has 3 atom stereocenters. The van der Waals surface area contributed by atoms with Gasteiger partial charge in [0.05, 0.1) is 0 Å². The molecule has 88 valence electrons. The Labute approximate surface area is 95.0 Å². The van der Waals surface area contributed by atoms with Crippen LogP contribution in [0.2, 0.25) is 0 Å². The average molecular weight is 222 g/mol. The van der Waals surface area contributed by atoms with Crippen LogP contribution in [0, 0.1) is 17.8 Å². The highest BCUT2D eigenvalue weighted by Crippen LogP contribution is 2.48. The summed E-state index contributed by atoms with van der Waals surface area (Å²) in [6.45, 7) is 1.02. The van der Waals surface area contributed by atoms with E-state index in [1.54, 1.807) is 0 Å². The highest BCUT2D eigenvalue weighted by atomic mass is 16.4. The first-order valence-corrected chi connectivity index (χ1v) is 6.02. The van der Waals surface area contributed by atoms with Gasteiger partial charge < -0.3 is 15.1 Å². The van der Waals surface area contributed by atoms with E-state index in [-0.39, 0.29) is 6.01 Å². The van der Waals surface area contributed by atoms with Crippen LogP contribution in [0.5, 0.6) is 0 Å². The maximum Gasteiger partial charge on any atom is 0.319 e. The zero-order valence-electron chi connectivity index (χ0n) is 9.59. The summed E-state index contributed by atoms with van der Waals surface area (Å²) in [5.41, 5.74) is 5.42. The zero-order chi connectivity index (χ0) is 11.1. The number of anilines is 2. The topological polar surface area (TPSA) is 68.2 Å². The Morgan fingerprint density at radius 3 is 2.81 bits per heavy atom. The quantitative estimate of drug-likeness (QED) is 0.839. The molecule has 1 aromatic heterocycles. The summed E-state index contributed by atoms with van der Waals surface area (Å²) in [6, 6.07) is 0.690. The molecule has 0 saturated heterocycles. The van der Waals surface area contributed by atoms with E-state index in [2.05, 4.69) is 10.2 Å². The Kier molecular flexibility index (Phi) is 2.26. The molecule has 3 rings (SSSR count). The molecule has 2 saturated carbocycles. The molecule has 3 unspecified atom stereocenters. The molecule has 1 heterocycles. The van der Waals surface area contributed by atoms with Crippen LogP contribution in [-0.2, 0) is 0 Å². The SMILES string of the molecule is CN(CC1CC2CCC1C2)c1nnc(N)o1. The lowest BCUT2D eigenvalue weighted by atomic mass is 9.88. The third-order valence-electron chi connectivity index (χ3n) is 4.15. The highest BCUT2D eigenvalue weighted by Gasteiger charge is 2.39. The molecule has 2 aliphatic rings. The Morgan fingerprint density at radius 1 is 1.38 bits per heavy atom. The van der Waals surface area contributed by atoms with E-state index in [0.29, 0.717) is 6.01 Å². The second-order valence-electron chi connectivity index (χ2n) is 5.24. The molecule has 2 fully saturated rings. The van der Waals surface area contributed by atoms with Gasteiger partial charge in [-0.3, -0.25) is 0 Å². The Balaban J connectivity index is 1.62. The van der Waals surface area contributed by atoms with Crippen molar-refractivity contribution < 1.29 is 4.42 Å². The van der Waals surface area contributed by atoms with Crippen LogP contribution in [0.15, 0.2) is 4.42 Å². The second-order valence-corrected chi connectivity index (χ2v) is 5.24. The van der Waals surface area contributed by atoms with Crippen LogP contribution < -0.4 is 10.6 Å². The lowest BCUT2D eigenvalue weighted by Crippen LogP contribution is -2.28. The first-order valence-electron chi connectivity index (χ1n) is 6.02. The molecule has 0 spiro atoms. The number of nitrogens with zero attached hydrogens (tertiary/aromatic N) is 3. The predicted octanol–water partition coefficient (Wildman–Crippen LogP) is 1.52. The van der Waals surface area contributed by atoms with Gasteiger partial charge in [-0.05, 0) is 37.0 Å². The number of hydrogen-bond donors (Lipinski definition) is 1. The van der Waals surface area contributed by atoms with Crippen molar-refractivity contribution in [3.8, 4) is 0 Å². The summed E-state index contributed by atoms with van der Waals surface area (Å²) in [4.78, 5) is 2.04. The molecule has 2 aliphatic carbocycles. The van der Waals surface area contributed by atoms with Gasteiger partial charge in [0, 0.05) is 13.6 Å². The van der Waals surface area contributed by atoms with Crippen LogP contribution in [0.3, 0.4) is 0 Å². The van der Waals surface area contributed by atoms with Gasteiger partial charge in [-0.15, -0.1) is 0 Å². The summed E-state index contributed by atoms with van der Waals surface area (Å²) in [5, 5.41) is 7.58. The molecule has 5 heteroatoms. The Bertz CT molecular complexity index is 378. The van der Waals surface area contributed by atoms with Crippen molar-refractivity contribution >= 4 is 12.0 Å². The van der Waals surface area contributed by atoms with Gasteiger partial charge in [0.2, 0.25) is 0 Å². The van der Waals surface area contributed by atoms with Crippen molar-refractivity contribution in [3.63, 3.8) is 0 Å². The van der Waals surface area contributed by atoms with Gasteiger partial charge >= 0.3 is 12.0 Å².